The van der Waals surface area contributed by atoms with E-state index in [0.717, 1.165) is 50.4 Å². The Bertz CT molecular complexity index is 1350. The molecule has 0 heterocycles. The number of ether oxygens (including phenoxy) is 1. The molecule has 5 nitrogen and oxygen atoms in total. The van der Waals surface area contributed by atoms with Crippen LogP contribution in [0.5, 0.6) is 28.7 Å². The van der Waals surface area contributed by atoms with Crippen LogP contribution < -0.4 is 9.64 Å². The first-order chi connectivity index (χ1) is 16.6. The van der Waals surface area contributed by atoms with Crippen molar-refractivity contribution in [2.45, 2.75) is 41.5 Å². The van der Waals surface area contributed by atoms with Crippen molar-refractivity contribution in [2.75, 3.05) is 4.90 Å². The minimum atomic E-state index is 0.220. The van der Waals surface area contributed by atoms with Gasteiger partial charge in [0.05, 0.1) is 11.4 Å². The van der Waals surface area contributed by atoms with Crippen LogP contribution in [0.4, 0.5) is 17.1 Å². The van der Waals surface area contributed by atoms with E-state index in [1.165, 1.54) is 0 Å². The zero-order valence-corrected chi connectivity index (χ0v) is 21.0. The Kier molecular flexibility index (Phi) is 6.35. The number of benzene rings is 4. The van der Waals surface area contributed by atoms with Crippen molar-refractivity contribution in [1.82, 2.24) is 0 Å². The number of aryl methyl sites for hydroxylation is 2. The highest BCUT2D eigenvalue weighted by atomic mass is 16.5. The van der Waals surface area contributed by atoms with Crippen LogP contribution in [-0.4, -0.2) is 15.3 Å². The third kappa shape index (κ3) is 4.62. The highest BCUT2D eigenvalue weighted by Crippen LogP contribution is 2.44. The number of phenols is 3. The Balaban J connectivity index is 1.82. The number of rotatable bonds is 5. The predicted octanol–water partition coefficient (Wildman–Crippen LogP) is 7.92. The molecule has 35 heavy (non-hydrogen) atoms. The van der Waals surface area contributed by atoms with Gasteiger partial charge in [-0.05, 0) is 124 Å². The van der Waals surface area contributed by atoms with Crippen LogP contribution >= 0.6 is 0 Å². The first-order valence-electron chi connectivity index (χ1n) is 11.5. The Morgan fingerprint density at radius 3 is 1.57 bits per heavy atom. The normalized spacial score (nSPS) is 10.9. The number of hydrogen-bond acceptors (Lipinski definition) is 5. The molecule has 0 amide bonds. The lowest BCUT2D eigenvalue weighted by molar-refractivity contribution is 0.457. The molecule has 0 saturated carbocycles. The van der Waals surface area contributed by atoms with Gasteiger partial charge >= 0.3 is 0 Å². The topological polar surface area (TPSA) is 73.2 Å². The number of nitrogens with zero attached hydrogens (tertiary/aromatic N) is 1. The van der Waals surface area contributed by atoms with E-state index in [1.807, 2.05) is 82.8 Å². The van der Waals surface area contributed by atoms with Gasteiger partial charge in [-0.3, -0.25) is 0 Å². The number of anilines is 3. The maximum absolute atomic E-state index is 10.6. The van der Waals surface area contributed by atoms with Crippen LogP contribution in [0.3, 0.4) is 0 Å². The van der Waals surface area contributed by atoms with Crippen LogP contribution in [0.15, 0.2) is 60.7 Å². The molecule has 3 N–H and O–H groups in total. The summed E-state index contributed by atoms with van der Waals surface area (Å²) in [7, 11) is 0. The standard InChI is InChI=1S/C30H31NO4/c1-17-13-25(21(5)28(33)15-17)31(26-14-18(2)16-29(34)22(26)6)23-7-9-24(10-8-23)35-30-12-11-27(32)19(3)20(30)4/h7-16,32-34H,1-6H3. The Labute approximate surface area is 206 Å². The predicted molar refractivity (Wildman–Crippen MR) is 141 cm³/mol. The largest absolute Gasteiger partial charge is 0.508 e. The monoisotopic (exact) mass is 469 g/mol. The van der Waals surface area contributed by atoms with E-state index in [2.05, 4.69) is 0 Å². The molecule has 5 heteroatoms. The average molecular weight is 470 g/mol. The van der Waals surface area contributed by atoms with E-state index in [0.29, 0.717) is 11.5 Å². The Morgan fingerprint density at radius 2 is 1.06 bits per heavy atom. The van der Waals surface area contributed by atoms with Crippen LogP contribution in [0.2, 0.25) is 0 Å². The smallest absolute Gasteiger partial charge is 0.130 e. The third-order valence-electron chi connectivity index (χ3n) is 6.51. The molecule has 0 aliphatic rings. The summed E-state index contributed by atoms with van der Waals surface area (Å²) in [5, 5.41) is 31.1. The fraction of sp³-hybridized carbons (Fsp3) is 0.200. The molecule has 4 aromatic rings. The van der Waals surface area contributed by atoms with Crippen molar-refractivity contribution in [3.63, 3.8) is 0 Å². The zero-order chi connectivity index (χ0) is 25.4. The minimum Gasteiger partial charge on any atom is -0.508 e. The zero-order valence-electron chi connectivity index (χ0n) is 21.0. The van der Waals surface area contributed by atoms with Crippen molar-refractivity contribution in [2.24, 2.45) is 0 Å². The van der Waals surface area contributed by atoms with Gasteiger partial charge in [0.25, 0.3) is 0 Å². The summed E-state index contributed by atoms with van der Waals surface area (Å²) in [5.41, 5.74) is 7.53. The number of phenolic OH excluding ortho intramolecular Hbond substituents is 3. The van der Waals surface area contributed by atoms with E-state index < -0.39 is 0 Å². The van der Waals surface area contributed by atoms with Crippen LogP contribution in [0.25, 0.3) is 0 Å². The molecule has 0 saturated heterocycles. The van der Waals surface area contributed by atoms with E-state index in [-0.39, 0.29) is 17.2 Å². The fourth-order valence-corrected chi connectivity index (χ4v) is 4.20. The molecule has 0 fully saturated rings. The van der Waals surface area contributed by atoms with E-state index in [9.17, 15) is 15.3 Å². The van der Waals surface area contributed by atoms with Gasteiger partial charge in [-0.25, -0.2) is 0 Å². The van der Waals surface area contributed by atoms with Gasteiger partial charge in [-0.1, -0.05) is 0 Å². The van der Waals surface area contributed by atoms with Gasteiger partial charge in [-0.2, -0.15) is 0 Å². The molecule has 0 unspecified atom stereocenters. The minimum absolute atomic E-state index is 0.220. The molecule has 4 aromatic carbocycles. The summed E-state index contributed by atoms with van der Waals surface area (Å²) in [4.78, 5) is 2.05. The van der Waals surface area contributed by atoms with Gasteiger partial charge in [-0.15, -0.1) is 0 Å². The molecule has 0 spiro atoms. The lowest BCUT2D eigenvalue weighted by Crippen LogP contribution is -2.13. The second kappa shape index (κ2) is 9.26. The average Bonchev–Trinajstić information content (AvgIpc) is 2.81. The summed E-state index contributed by atoms with van der Waals surface area (Å²) in [6.07, 6.45) is 0. The van der Waals surface area contributed by atoms with Gasteiger partial charge in [0.1, 0.15) is 28.7 Å². The molecule has 0 aliphatic carbocycles. The fourth-order valence-electron chi connectivity index (χ4n) is 4.20. The highest BCUT2D eigenvalue weighted by Gasteiger charge is 2.21. The molecular weight excluding hydrogens is 438 g/mol. The van der Waals surface area contributed by atoms with Crippen molar-refractivity contribution in [3.8, 4) is 28.7 Å². The summed E-state index contributed by atoms with van der Waals surface area (Å²) in [6, 6.07) is 18.6. The van der Waals surface area contributed by atoms with Gasteiger partial charge < -0.3 is 25.0 Å². The maximum atomic E-state index is 10.6. The molecule has 0 aromatic heterocycles. The second-order valence-corrected chi connectivity index (χ2v) is 9.12. The second-order valence-electron chi connectivity index (χ2n) is 9.12. The van der Waals surface area contributed by atoms with Crippen LogP contribution in [0, 0.1) is 41.5 Å². The summed E-state index contributed by atoms with van der Waals surface area (Å²) >= 11 is 0. The third-order valence-corrected chi connectivity index (χ3v) is 6.51. The molecular formula is C30H31NO4. The highest BCUT2D eigenvalue weighted by molar-refractivity contribution is 5.83. The lowest BCUT2D eigenvalue weighted by atomic mass is 10.0. The Hall–Kier alpha value is -4.12. The Morgan fingerprint density at radius 1 is 0.543 bits per heavy atom. The number of aromatic hydroxyl groups is 3. The molecule has 0 radical (unpaired) electrons. The van der Waals surface area contributed by atoms with E-state index >= 15 is 0 Å². The molecule has 0 aliphatic heterocycles. The summed E-state index contributed by atoms with van der Waals surface area (Å²) in [6.45, 7) is 11.4. The van der Waals surface area contributed by atoms with Gasteiger partial charge in [0.2, 0.25) is 0 Å². The van der Waals surface area contributed by atoms with Gasteiger partial charge in [0.15, 0.2) is 0 Å². The van der Waals surface area contributed by atoms with E-state index in [1.54, 1.807) is 24.3 Å². The van der Waals surface area contributed by atoms with Crippen molar-refractivity contribution in [1.29, 1.82) is 0 Å². The molecule has 4 rings (SSSR count). The quantitative estimate of drug-likeness (QED) is 0.277. The molecule has 0 bridgehead atoms. The maximum Gasteiger partial charge on any atom is 0.130 e. The first-order valence-corrected chi connectivity index (χ1v) is 11.5. The number of hydrogen-bond donors (Lipinski definition) is 3. The van der Waals surface area contributed by atoms with Crippen molar-refractivity contribution >= 4 is 17.1 Å². The summed E-state index contributed by atoms with van der Waals surface area (Å²) < 4.78 is 6.11. The van der Waals surface area contributed by atoms with Crippen molar-refractivity contribution < 1.29 is 20.1 Å². The van der Waals surface area contributed by atoms with Crippen LogP contribution in [0.1, 0.15) is 33.4 Å². The molecule has 0 atom stereocenters. The molecule has 180 valence electrons. The first kappa shape index (κ1) is 24.0. The summed E-state index contributed by atoms with van der Waals surface area (Å²) in [5.74, 6) is 2.03. The SMILES string of the molecule is Cc1cc(O)c(C)c(N(c2ccc(Oc3ccc(O)c(C)c3C)cc2)c2cc(C)cc(O)c2C)c1. The van der Waals surface area contributed by atoms with Gasteiger partial charge in [0, 0.05) is 16.8 Å². The van der Waals surface area contributed by atoms with Crippen molar-refractivity contribution in [3.05, 3.63) is 94.0 Å². The lowest BCUT2D eigenvalue weighted by Gasteiger charge is -2.30. The van der Waals surface area contributed by atoms with Crippen LogP contribution in [-0.2, 0) is 0 Å². The van der Waals surface area contributed by atoms with E-state index in [4.69, 9.17) is 4.74 Å².